The molecule has 3 aromatic heterocycles. The van der Waals surface area contributed by atoms with Crippen molar-refractivity contribution in [3.05, 3.63) is 54.2 Å². The van der Waals surface area contributed by atoms with Crippen molar-refractivity contribution in [3.8, 4) is 23.2 Å². The minimum Gasteiger partial charge on any atom is -0.462 e. The van der Waals surface area contributed by atoms with Crippen LogP contribution in [0.25, 0.3) is 23.2 Å². The maximum absolute atomic E-state index is 12.5. The molecular formula is C22H20N8O3. The Morgan fingerprint density at radius 1 is 1.09 bits per heavy atom. The molecule has 0 bridgehead atoms. The summed E-state index contributed by atoms with van der Waals surface area (Å²) in [5.74, 6) is 0.542. The molecule has 1 aliphatic carbocycles. The van der Waals surface area contributed by atoms with Gasteiger partial charge in [-0.3, -0.25) is 4.98 Å². The van der Waals surface area contributed by atoms with Crippen LogP contribution >= 0.6 is 0 Å². The average Bonchev–Trinajstić information content (AvgIpc) is 3.55. The van der Waals surface area contributed by atoms with Crippen molar-refractivity contribution in [2.45, 2.75) is 12.8 Å². The number of rotatable bonds is 7. The zero-order valence-corrected chi connectivity index (χ0v) is 17.8. The fourth-order valence-corrected chi connectivity index (χ4v) is 3.10. The number of nitrogens with two attached hydrogens (primary N) is 1. The van der Waals surface area contributed by atoms with Gasteiger partial charge >= 0.3 is 5.97 Å². The molecule has 1 saturated carbocycles. The number of anilines is 3. The molecule has 3 heterocycles. The largest absolute Gasteiger partial charge is 0.462 e. The Hall–Kier alpha value is -4.41. The smallest absolute Gasteiger partial charge is 0.340 e. The van der Waals surface area contributed by atoms with Gasteiger partial charge in [-0.15, -0.1) is 0 Å². The number of pyridine rings is 1. The van der Waals surface area contributed by atoms with Gasteiger partial charge in [0.1, 0.15) is 5.69 Å². The van der Waals surface area contributed by atoms with E-state index in [9.17, 15) is 4.79 Å². The van der Waals surface area contributed by atoms with E-state index in [0.29, 0.717) is 18.5 Å². The summed E-state index contributed by atoms with van der Waals surface area (Å²) in [6, 6.07) is 12.8. The highest BCUT2D eigenvalue weighted by Gasteiger charge is 2.26. The number of esters is 1. The first-order chi connectivity index (χ1) is 16.1. The summed E-state index contributed by atoms with van der Waals surface area (Å²) >= 11 is 0. The molecule has 2 N–H and O–H groups in total. The molecular weight excluding hydrogens is 424 g/mol. The highest BCUT2D eigenvalue weighted by atomic mass is 16.5. The second-order valence-corrected chi connectivity index (χ2v) is 7.58. The van der Waals surface area contributed by atoms with Gasteiger partial charge in [-0.2, -0.15) is 19.9 Å². The fourth-order valence-electron chi connectivity index (χ4n) is 3.10. The number of para-hydroxylation sites is 1. The Balaban J connectivity index is 1.44. The van der Waals surface area contributed by atoms with Crippen molar-refractivity contribution >= 4 is 23.6 Å². The SMILES string of the molecule is CN(c1ccccc1)c1nc(N)nc(-c2noc(-c3ncccc3C(=O)OCC3CC3)n2)n1. The van der Waals surface area contributed by atoms with Gasteiger partial charge in [0, 0.05) is 18.9 Å². The van der Waals surface area contributed by atoms with E-state index in [1.54, 1.807) is 17.0 Å². The van der Waals surface area contributed by atoms with Crippen LogP contribution in [0, 0.1) is 5.92 Å². The highest BCUT2D eigenvalue weighted by Crippen LogP contribution is 2.30. The van der Waals surface area contributed by atoms with Crippen LogP contribution in [0.1, 0.15) is 23.2 Å². The number of carbonyl (C=O) groups is 1. The zero-order chi connectivity index (χ0) is 22.8. The molecule has 1 aromatic carbocycles. The van der Waals surface area contributed by atoms with Gasteiger partial charge in [0.2, 0.25) is 23.5 Å². The van der Waals surface area contributed by atoms with Gasteiger partial charge in [0.15, 0.2) is 0 Å². The van der Waals surface area contributed by atoms with E-state index in [1.807, 2.05) is 37.4 Å². The van der Waals surface area contributed by atoms with E-state index < -0.39 is 5.97 Å². The molecule has 0 atom stereocenters. The Morgan fingerprint density at radius 3 is 2.70 bits per heavy atom. The summed E-state index contributed by atoms with van der Waals surface area (Å²) < 4.78 is 10.8. The molecule has 33 heavy (non-hydrogen) atoms. The molecule has 0 amide bonds. The monoisotopic (exact) mass is 444 g/mol. The molecule has 5 rings (SSSR count). The van der Waals surface area contributed by atoms with Crippen molar-refractivity contribution in [2.75, 3.05) is 24.3 Å². The molecule has 4 aromatic rings. The lowest BCUT2D eigenvalue weighted by molar-refractivity contribution is 0.0486. The maximum atomic E-state index is 12.5. The molecule has 0 saturated heterocycles. The predicted molar refractivity (Wildman–Crippen MR) is 118 cm³/mol. The Bertz CT molecular complexity index is 1290. The van der Waals surface area contributed by atoms with E-state index in [-0.39, 0.29) is 34.7 Å². The molecule has 11 nitrogen and oxygen atoms in total. The topological polar surface area (TPSA) is 146 Å². The number of nitrogen functional groups attached to an aromatic ring is 1. The van der Waals surface area contributed by atoms with Gasteiger partial charge in [0.25, 0.3) is 5.89 Å². The quantitative estimate of drug-likeness (QED) is 0.420. The minimum atomic E-state index is -0.485. The molecule has 1 aliphatic rings. The predicted octanol–water partition coefficient (Wildman–Crippen LogP) is 2.90. The van der Waals surface area contributed by atoms with Crippen molar-refractivity contribution in [1.29, 1.82) is 0 Å². The normalized spacial score (nSPS) is 13.0. The maximum Gasteiger partial charge on any atom is 0.340 e. The van der Waals surface area contributed by atoms with Gasteiger partial charge in [-0.25, -0.2) is 4.79 Å². The van der Waals surface area contributed by atoms with E-state index in [2.05, 4.69) is 30.1 Å². The molecule has 0 unspecified atom stereocenters. The summed E-state index contributed by atoms with van der Waals surface area (Å²) in [6.45, 7) is 0.393. The van der Waals surface area contributed by atoms with E-state index in [1.165, 1.54) is 6.20 Å². The number of nitrogens with zero attached hydrogens (tertiary/aromatic N) is 7. The van der Waals surface area contributed by atoms with E-state index in [4.69, 9.17) is 15.0 Å². The van der Waals surface area contributed by atoms with Gasteiger partial charge < -0.3 is 19.9 Å². The van der Waals surface area contributed by atoms with E-state index >= 15 is 0 Å². The number of carbonyl (C=O) groups excluding carboxylic acids is 1. The number of aromatic nitrogens is 6. The van der Waals surface area contributed by atoms with E-state index in [0.717, 1.165) is 18.5 Å². The first kappa shape index (κ1) is 20.5. The van der Waals surface area contributed by atoms with Gasteiger partial charge in [-0.05, 0) is 43.0 Å². The van der Waals surface area contributed by atoms with Crippen LogP contribution in [0.5, 0.6) is 0 Å². The lowest BCUT2D eigenvalue weighted by Gasteiger charge is -2.17. The third-order valence-electron chi connectivity index (χ3n) is 5.09. The third kappa shape index (κ3) is 4.47. The third-order valence-corrected chi connectivity index (χ3v) is 5.09. The number of ether oxygens (including phenoxy) is 1. The molecule has 1 fully saturated rings. The van der Waals surface area contributed by atoms with Crippen LogP contribution in [0.15, 0.2) is 53.2 Å². The molecule has 0 spiro atoms. The number of hydrogen-bond donors (Lipinski definition) is 1. The number of hydrogen-bond acceptors (Lipinski definition) is 11. The van der Waals surface area contributed by atoms with Crippen LogP contribution < -0.4 is 10.6 Å². The van der Waals surface area contributed by atoms with Crippen LogP contribution in [0.3, 0.4) is 0 Å². The lowest BCUT2D eigenvalue weighted by Crippen LogP contribution is -2.15. The summed E-state index contributed by atoms with van der Waals surface area (Å²) in [6.07, 6.45) is 3.69. The lowest BCUT2D eigenvalue weighted by atomic mass is 10.2. The Kier molecular flexibility index (Phi) is 5.35. The average molecular weight is 444 g/mol. The van der Waals surface area contributed by atoms with Gasteiger partial charge in [0.05, 0.1) is 12.2 Å². The standard InChI is InChI=1S/C22H20N8O3/c1-30(14-6-3-2-4-7-14)22-27-17(26-21(23)28-22)18-25-19(33-29-18)16-15(8-5-11-24-16)20(31)32-12-13-9-10-13/h2-8,11,13H,9-10,12H2,1H3,(H2,23,26,27,28). The van der Waals surface area contributed by atoms with Crippen LogP contribution in [-0.2, 0) is 4.74 Å². The molecule has 11 heteroatoms. The van der Waals surface area contributed by atoms with Crippen molar-refractivity contribution < 1.29 is 14.1 Å². The second-order valence-electron chi connectivity index (χ2n) is 7.58. The first-order valence-electron chi connectivity index (χ1n) is 10.4. The minimum absolute atomic E-state index is 0.00584. The second kappa shape index (κ2) is 8.61. The Labute approximate surface area is 188 Å². The van der Waals surface area contributed by atoms with Crippen LogP contribution in [0.2, 0.25) is 0 Å². The molecule has 0 aliphatic heterocycles. The summed E-state index contributed by atoms with van der Waals surface area (Å²) in [4.78, 5) is 35.6. The fraction of sp³-hybridized carbons (Fsp3) is 0.227. The van der Waals surface area contributed by atoms with Crippen molar-refractivity contribution in [2.24, 2.45) is 5.92 Å². The first-order valence-corrected chi connectivity index (χ1v) is 10.4. The number of benzene rings is 1. The van der Waals surface area contributed by atoms with Gasteiger partial charge in [-0.1, -0.05) is 23.4 Å². The molecule has 0 radical (unpaired) electrons. The summed E-state index contributed by atoms with van der Waals surface area (Å²) in [7, 11) is 1.81. The summed E-state index contributed by atoms with van der Waals surface area (Å²) in [5.41, 5.74) is 7.24. The Morgan fingerprint density at radius 2 is 1.91 bits per heavy atom. The van der Waals surface area contributed by atoms with Crippen LogP contribution in [-0.4, -0.2) is 49.7 Å². The molecule has 166 valence electrons. The zero-order valence-electron chi connectivity index (χ0n) is 17.8. The summed E-state index contributed by atoms with van der Waals surface area (Å²) in [5, 5.41) is 3.96. The van der Waals surface area contributed by atoms with Crippen LogP contribution in [0.4, 0.5) is 17.6 Å². The van der Waals surface area contributed by atoms with Crippen molar-refractivity contribution in [3.63, 3.8) is 0 Å². The van der Waals surface area contributed by atoms with Crippen molar-refractivity contribution in [1.82, 2.24) is 30.1 Å². The highest BCUT2D eigenvalue weighted by molar-refractivity contribution is 5.95.